The van der Waals surface area contributed by atoms with Crippen LogP contribution in [0.4, 0.5) is 0 Å². The number of ether oxygens (including phenoxy) is 2. The molecule has 1 saturated heterocycles. The van der Waals surface area contributed by atoms with E-state index in [9.17, 15) is 5.11 Å². The number of pyridine rings is 1. The van der Waals surface area contributed by atoms with E-state index in [1.165, 1.54) is 5.56 Å². The van der Waals surface area contributed by atoms with Crippen molar-refractivity contribution >= 4 is 0 Å². The molecule has 1 aromatic heterocycles. The monoisotopic (exact) mass is 342 g/mol. The standard InChI is InChI=1S/C20H26N2O3/c1-14-5-7-16(20(10-14)25-13-17-4-3-9-24-17)11-21-12-18-19(23)8-6-15(2)22-18/h5-8,10,17,21,23H,3-4,9,11-13H2,1-2H3. The second-order valence-electron chi connectivity index (χ2n) is 6.58. The fourth-order valence-electron chi connectivity index (χ4n) is 2.95. The zero-order valence-corrected chi connectivity index (χ0v) is 14.9. The molecule has 0 bridgehead atoms. The van der Waals surface area contributed by atoms with Gasteiger partial charge in [0.2, 0.25) is 0 Å². The molecule has 0 aliphatic carbocycles. The highest BCUT2D eigenvalue weighted by atomic mass is 16.5. The van der Waals surface area contributed by atoms with Gasteiger partial charge >= 0.3 is 0 Å². The first kappa shape index (κ1) is 17.7. The van der Waals surface area contributed by atoms with Crippen LogP contribution in [-0.2, 0) is 17.8 Å². The molecule has 2 aromatic rings. The van der Waals surface area contributed by atoms with Gasteiger partial charge in [-0.15, -0.1) is 0 Å². The molecule has 3 rings (SSSR count). The Balaban J connectivity index is 1.60. The molecule has 1 aromatic carbocycles. The van der Waals surface area contributed by atoms with Gasteiger partial charge in [0.25, 0.3) is 0 Å². The average molecular weight is 342 g/mol. The number of aromatic hydroxyl groups is 1. The summed E-state index contributed by atoms with van der Waals surface area (Å²) in [5, 5.41) is 13.2. The summed E-state index contributed by atoms with van der Waals surface area (Å²) in [5.41, 5.74) is 3.82. The van der Waals surface area contributed by atoms with Crippen LogP contribution in [0.1, 0.15) is 35.4 Å². The Labute approximate surface area is 149 Å². The lowest BCUT2D eigenvalue weighted by atomic mass is 10.1. The summed E-state index contributed by atoms with van der Waals surface area (Å²) in [7, 11) is 0. The quantitative estimate of drug-likeness (QED) is 0.809. The largest absolute Gasteiger partial charge is 0.506 e. The van der Waals surface area contributed by atoms with Crippen molar-refractivity contribution in [2.24, 2.45) is 0 Å². The van der Waals surface area contributed by atoms with E-state index in [0.717, 1.165) is 36.5 Å². The lowest BCUT2D eigenvalue weighted by Crippen LogP contribution is -2.19. The molecule has 1 aliphatic heterocycles. The minimum absolute atomic E-state index is 0.203. The van der Waals surface area contributed by atoms with E-state index in [4.69, 9.17) is 9.47 Å². The van der Waals surface area contributed by atoms with Crippen LogP contribution in [0.2, 0.25) is 0 Å². The van der Waals surface area contributed by atoms with Gasteiger partial charge < -0.3 is 19.9 Å². The number of hydrogen-bond acceptors (Lipinski definition) is 5. The van der Waals surface area contributed by atoms with E-state index in [2.05, 4.69) is 35.4 Å². The molecule has 1 unspecified atom stereocenters. The molecule has 25 heavy (non-hydrogen) atoms. The molecule has 0 saturated carbocycles. The second kappa shape index (κ2) is 8.32. The molecule has 5 heteroatoms. The molecule has 134 valence electrons. The number of aryl methyl sites for hydroxylation is 2. The summed E-state index contributed by atoms with van der Waals surface area (Å²) in [6.07, 6.45) is 2.38. The summed E-state index contributed by atoms with van der Waals surface area (Å²) in [6.45, 7) is 6.56. The second-order valence-corrected chi connectivity index (χ2v) is 6.58. The minimum atomic E-state index is 0.203. The Bertz CT molecular complexity index is 712. The van der Waals surface area contributed by atoms with Gasteiger partial charge in [-0.05, 0) is 50.5 Å². The smallest absolute Gasteiger partial charge is 0.138 e. The Morgan fingerprint density at radius 1 is 1.24 bits per heavy atom. The van der Waals surface area contributed by atoms with Crippen molar-refractivity contribution in [3.8, 4) is 11.5 Å². The summed E-state index contributed by atoms with van der Waals surface area (Å²) in [4.78, 5) is 4.37. The normalized spacial score (nSPS) is 17.0. The number of hydrogen-bond donors (Lipinski definition) is 2. The topological polar surface area (TPSA) is 63.6 Å². The van der Waals surface area contributed by atoms with E-state index >= 15 is 0 Å². The Hall–Kier alpha value is -2.11. The van der Waals surface area contributed by atoms with Gasteiger partial charge in [0.15, 0.2) is 0 Å². The van der Waals surface area contributed by atoms with E-state index in [-0.39, 0.29) is 11.9 Å². The van der Waals surface area contributed by atoms with Crippen LogP contribution in [0, 0.1) is 13.8 Å². The van der Waals surface area contributed by atoms with Crippen molar-refractivity contribution < 1.29 is 14.6 Å². The van der Waals surface area contributed by atoms with Crippen LogP contribution >= 0.6 is 0 Å². The highest BCUT2D eigenvalue weighted by Crippen LogP contribution is 2.23. The van der Waals surface area contributed by atoms with Crippen molar-refractivity contribution in [3.63, 3.8) is 0 Å². The molecule has 1 aliphatic rings. The number of aromatic nitrogens is 1. The van der Waals surface area contributed by atoms with Gasteiger partial charge in [-0.1, -0.05) is 12.1 Å². The molecule has 1 atom stereocenters. The van der Waals surface area contributed by atoms with Crippen LogP contribution in [0.3, 0.4) is 0 Å². The van der Waals surface area contributed by atoms with E-state index in [1.54, 1.807) is 12.1 Å². The average Bonchev–Trinajstić information content (AvgIpc) is 3.11. The third-order valence-corrected chi connectivity index (χ3v) is 4.37. The number of nitrogens with zero attached hydrogens (tertiary/aromatic N) is 1. The first-order valence-electron chi connectivity index (χ1n) is 8.82. The molecule has 2 heterocycles. The van der Waals surface area contributed by atoms with Gasteiger partial charge in [0.1, 0.15) is 18.1 Å². The molecule has 0 spiro atoms. The molecule has 5 nitrogen and oxygen atoms in total. The fourth-order valence-corrected chi connectivity index (χ4v) is 2.95. The zero-order valence-electron chi connectivity index (χ0n) is 14.9. The van der Waals surface area contributed by atoms with Crippen molar-refractivity contribution in [1.82, 2.24) is 10.3 Å². The van der Waals surface area contributed by atoms with E-state index in [1.807, 2.05) is 6.92 Å². The highest BCUT2D eigenvalue weighted by Gasteiger charge is 2.17. The van der Waals surface area contributed by atoms with Crippen molar-refractivity contribution in [1.29, 1.82) is 0 Å². The van der Waals surface area contributed by atoms with Crippen LogP contribution in [0.15, 0.2) is 30.3 Å². The van der Waals surface area contributed by atoms with Crippen LogP contribution in [-0.4, -0.2) is 29.4 Å². The van der Waals surface area contributed by atoms with Gasteiger partial charge in [-0.2, -0.15) is 0 Å². The number of benzene rings is 1. The number of nitrogens with one attached hydrogen (secondary N) is 1. The van der Waals surface area contributed by atoms with Gasteiger partial charge in [-0.25, -0.2) is 0 Å². The lowest BCUT2D eigenvalue weighted by molar-refractivity contribution is 0.0675. The van der Waals surface area contributed by atoms with Gasteiger partial charge in [0.05, 0.1) is 11.8 Å². The van der Waals surface area contributed by atoms with Crippen molar-refractivity contribution in [3.05, 3.63) is 52.8 Å². The van der Waals surface area contributed by atoms with Gasteiger partial charge in [-0.3, -0.25) is 4.98 Å². The van der Waals surface area contributed by atoms with E-state index in [0.29, 0.717) is 25.4 Å². The summed E-state index contributed by atoms with van der Waals surface area (Å²) < 4.78 is 11.6. The van der Waals surface area contributed by atoms with Crippen molar-refractivity contribution in [2.45, 2.75) is 45.9 Å². The molecular weight excluding hydrogens is 316 g/mol. The summed E-state index contributed by atoms with van der Waals surface area (Å²) in [5.74, 6) is 1.11. The van der Waals surface area contributed by atoms with E-state index < -0.39 is 0 Å². The molecular formula is C20H26N2O3. The third kappa shape index (κ3) is 4.94. The molecule has 0 amide bonds. The maximum absolute atomic E-state index is 9.89. The Morgan fingerprint density at radius 3 is 2.92 bits per heavy atom. The molecule has 1 fully saturated rings. The molecule has 0 radical (unpaired) electrons. The lowest BCUT2D eigenvalue weighted by Gasteiger charge is -2.16. The van der Waals surface area contributed by atoms with Crippen LogP contribution in [0.25, 0.3) is 0 Å². The predicted octanol–water partition coefficient (Wildman–Crippen LogP) is 3.25. The maximum atomic E-state index is 9.89. The molecule has 2 N–H and O–H groups in total. The maximum Gasteiger partial charge on any atom is 0.138 e. The summed E-state index contributed by atoms with van der Waals surface area (Å²) in [6, 6.07) is 9.71. The SMILES string of the molecule is Cc1ccc(CNCc2nc(C)ccc2O)c(OCC2CCCO2)c1. The first-order chi connectivity index (χ1) is 12.1. The fraction of sp³-hybridized carbons (Fsp3) is 0.450. The van der Waals surface area contributed by atoms with Crippen LogP contribution in [0.5, 0.6) is 11.5 Å². The zero-order chi connectivity index (χ0) is 17.6. The number of rotatable bonds is 7. The Morgan fingerprint density at radius 2 is 2.12 bits per heavy atom. The Kier molecular flexibility index (Phi) is 5.89. The highest BCUT2D eigenvalue weighted by molar-refractivity contribution is 5.37. The minimum Gasteiger partial charge on any atom is -0.506 e. The van der Waals surface area contributed by atoms with Crippen LogP contribution < -0.4 is 10.1 Å². The first-order valence-corrected chi connectivity index (χ1v) is 8.82. The van der Waals surface area contributed by atoms with Crippen molar-refractivity contribution in [2.75, 3.05) is 13.2 Å². The van der Waals surface area contributed by atoms with Gasteiger partial charge in [0, 0.05) is 31.0 Å². The predicted molar refractivity (Wildman–Crippen MR) is 96.8 cm³/mol. The third-order valence-electron chi connectivity index (χ3n) is 4.37. The summed E-state index contributed by atoms with van der Waals surface area (Å²) >= 11 is 0.